The van der Waals surface area contributed by atoms with E-state index in [1.54, 1.807) is 12.1 Å². The fourth-order valence-electron chi connectivity index (χ4n) is 2.77. The smallest absolute Gasteiger partial charge is 0.294 e. The fraction of sp³-hybridized carbons (Fsp3) is 0.190. The molecule has 1 aliphatic rings. The zero-order chi connectivity index (χ0) is 22.5. The topological polar surface area (TPSA) is 98.9 Å². The van der Waals surface area contributed by atoms with E-state index in [0.717, 1.165) is 22.2 Å². The summed E-state index contributed by atoms with van der Waals surface area (Å²) in [5.74, 6) is -0.335. The van der Waals surface area contributed by atoms with Gasteiger partial charge < -0.3 is 15.2 Å². The van der Waals surface area contributed by atoms with Crippen LogP contribution in [0.4, 0.5) is 4.79 Å². The highest BCUT2D eigenvalue weighted by Gasteiger charge is 2.36. The van der Waals surface area contributed by atoms with Crippen molar-refractivity contribution in [2.45, 2.75) is 13.5 Å². The zero-order valence-corrected chi connectivity index (χ0v) is 20.4. The van der Waals surface area contributed by atoms with Crippen molar-refractivity contribution in [3.63, 3.8) is 0 Å². The van der Waals surface area contributed by atoms with E-state index in [4.69, 9.17) is 15.2 Å². The second kappa shape index (κ2) is 10.3. The van der Waals surface area contributed by atoms with Crippen LogP contribution in [0.15, 0.2) is 50.2 Å². The van der Waals surface area contributed by atoms with Crippen LogP contribution in [0.25, 0.3) is 6.08 Å². The van der Waals surface area contributed by atoms with Crippen LogP contribution in [0.3, 0.4) is 0 Å². The first-order chi connectivity index (χ1) is 14.8. The van der Waals surface area contributed by atoms with Gasteiger partial charge >= 0.3 is 0 Å². The number of primary amides is 1. The number of hydrogen-bond donors (Lipinski definition) is 1. The highest BCUT2D eigenvalue weighted by Crippen LogP contribution is 2.45. The Balaban J connectivity index is 1.93. The Morgan fingerprint density at radius 1 is 1.16 bits per heavy atom. The first-order valence-corrected chi connectivity index (χ1v) is 11.6. The van der Waals surface area contributed by atoms with Gasteiger partial charge in [-0.3, -0.25) is 19.3 Å². The first kappa shape index (κ1) is 23.4. The summed E-state index contributed by atoms with van der Waals surface area (Å²) in [6.07, 6.45) is 1.56. The second-order valence-electron chi connectivity index (χ2n) is 6.36. The summed E-state index contributed by atoms with van der Waals surface area (Å²) < 4.78 is 13.0. The lowest BCUT2D eigenvalue weighted by Gasteiger charge is -2.16. The molecule has 0 atom stereocenters. The van der Waals surface area contributed by atoms with Crippen molar-refractivity contribution in [3.05, 3.63) is 61.4 Å². The number of nitrogens with zero attached hydrogens (tertiary/aromatic N) is 1. The SMILES string of the molecule is CCOc1cc(/C=C2\SC(=O)N(CC(N)=O)C2=O)c(Br)c(Br)c1OCc1ccccc1. The molecule has 31 heavy (non-hydrogen) atoms. The predicted molar refractivity (Wildman–Crippen MR) is 126 cm³/mol. The molecular weight excluding hydrogens is 552 g/mol. The van der Waals surface area contributed by atoms with Crippen LogP contribution in [0.5, 0.6) is 11.5 Å². The molecular formula is C21H18Br2N2O5S. The molecule has 0 spiro atoms. The Bertz CT molecular complexity index is 1060. The molecule has 1 fully saturated rings. The molecule has 0 radical (unpaired) electrons. The lowest BCUT2D eigenvalue weighted by molar-refractivity contribution is -0.127. The van der Waals surface area contributed by atoms with Crippen LogP contribution in [-0.2, 0) is 16.2 Å². The van der Waals surface area contributed by atoms with Gasteiger partial charge in [0.25, 0.3) is 11.1 Å². The summed E-state index contributed by atoms with van der Waals surface area (Å²) in [5.41, 5.74) is 6.72. The van der Waals surface area contributed by atoms with Crippen molar-refractivity contribution in [1.29, 1.82) is 0 Å². The molecule has 0 aromatic heterocycles. The molecule has 10 heteroatoms. The molecule has 3 rings (SSSR count). The average molecular weight is 570 g/mol. The van der Waals surface area contributed by atoms with Crippen LogP contribution in [0.2, 0.25) is 0 Å². The molecule has 7 nitrogen and oxygen atoms in total. The normalized spacial score (nSPS) is 14.9. The molecule has 0 aliphatic carbocycles. The number of ether oxygens (including phenoxy) is 2. The molecule has 2 aromatic carbocycles. The molecule has 0 bridgehead atoms. The maximum Gasteiger partial charge on any atom is 0.294 e. The summed E-state index contributed by atoms with van der Waals surface area (Å²) >= 11 is 7.80. The standard InChI is InChI=1S/C21H18Br2N2O5S/c1-2-29-14-8-13(9-15-20(27)25(10-16(24)26)21(28)31-15)17(22)18(23)19(14)30-11-12-6-4-3-5-7-12/h3-9H,2,10-11H2,1H3,(H2,24,26)/b15-9-. The van der Waals surface area contributed by atoms with E-state index in [9.17, 15) is 14.4 Å². The van der Waals surface area contributed by atoms with Gasteiger partial charge in [0.2, 0.25) is 5.91 Å². The molecule has 0 saturated carbocycles. The van der Waals surface area contributed by atoms with Crippen LogP contribution in [-0.4, -0.2) is 35.1 Å². The third-order valence-electron chi connectivity index (χ3n) is 4.16. The van der Waals surface area contributed by atoms with Crippen molar-refractivity contribution >= 4 is 66.8 Å². The number of hydrogen-bond acceptors (Lipinski definition) is 6. The Morgan fingerprint density at radius 2 is 1.87 bits per heavy atom. The molecule has 162 valence electrons. The molecule has 2 N–H and O–H groups in total. The van der Waals surface area contributed by atoms with Gasteiger partial charge in [0, 0.05) is 4.47 Å². The van der Waals surface area contributed by atoms with Crippen LogP contribution in [0.1, 0.15) is 18.1 Å². The van der Waals surface area contributed by atoms with Crippen molar-refractivity contribution in [2.75, 3.05) is 13.2 Å². The summed E-state index contributed by atoms with van der Waals surface area (Å²) in [6, 6.07) is 11.4. The lowest BCUT2D eigenvalue weighted by Crippen LogP contribution is -2.36. The van der Waals surface area contributed by atoms with Crippen LogP contribution < -0.4 is 15.2 Å². The van der Waals surface area contributed by atoms with E-state index in [1.807, 2.05) is 37.3 Å². The number of carbonyl (C=O) groups excluding carboxylic acids is 3. The number of thioether (sulfide) groups is 1. The van der Waals surface area contributed by atoms with E-state index in [0.29, 0.717) is 39.2 Å². The predicted octanol–water partition coefficient (Wildman–Crippen LogP) is 4.71. The molecule has 1 saturated heterocycles. The lowest BCUT2D eigenvalue weighted by atomic mass is 10.1. The van der Waals surface area contributed by atoms with E-state index >= 15 is 0 Å². The minimum Gasteiger partial charge on any atom is -0.490 e. The van der Waals surface area contributed by atoms with Crippen LogP contribution in [0, 0.1) is 0 Å². The van der Waals surface area contributed by atoms with Crippen molar-refractivity contribution in [1.82, 2.24) is 4.90 Å². The number of benzene rings is 2. The summed E-state index contributed by atoms with van der Waals surface area (Å²) in [6.45, 7) is 2.15. The first-order valence-electron chi connectivity index (χ1n) is 9.17. The average Bonchev–Trinajstić information content (AvgIpc) is 2.99. The van der Waals surface area contributed by atoms with E-state index < -0.39 is 23.6 Å². The minimum atomic E-state index is -0.758. The maximum atomic E-state index is 12.5. The monoisotopic (exact) mass is 568 g/mol. The Labute approximate surface area is 200 Å². The zero-order valence-electron chi connectivity index (χ0n) is 16.4. The highest BCUT2D eigenvalue weighted by atomic mass is 79.9. The number of halogens is 2. The van der Waals surface area contributed by atoms with Crippen LogP contribution >= 0.6 is 43.6 Å². The number of nitrogens with two attached hydrogens (primary N) is 1. The number of imide groups is 1. The van der Waals surface area contributed by atoms with Gasteiger partial charge in [-0.2, -0.15) is 0 Å². The number of rotatable bonds is 8. The highest BCUT2D eigenvalue weighted by molar-refractivity contribution is 9.13. The second-order valence-corrected chi connectivity index (χ2v) is 8.94. The van der Waals surface area contributed by atoms with Gasteiger partial charge in [-0.25, -0.2) is 0 Å². The Morgan fingerprint density at radius 3 is 2.52 bits per heavy atom. The van der Waals surface area contributed by atoms with Crippen molar-refractivity contribution in [3.8, 4) is 11.5 Å². The van der Waals surface area contributed by atoms with Gasteiger partial charge in [0.05, 0.1) is 16.0 Å². The van der Waals surface area contributed by atoms with Gasteiger partial charge in [-0.1, -0.05) is 30.3 Å². The molecule has 2 aromatic rings. The van der Waals surface area contributed by atoms with Crippen molar-refractivity contribution in [2.24, 2.45) is 5.73 Å². The maximum absolute atomic E-state index is 12.5. The largest absolute Gasteiger partial charge is 0.490 e. The Kier molecular flexibility index (Phi) is 7.79. The molecule has 1 aliphatic heterocycles. The molecule has 1 heterocycles. The number of amides is 3. The van der Waals surface area contributed by atoms with E-state index in [1.165, 1.54) is 0 Å². The van der Waals surface area contributed by atoms with Crippen molar-refractivity contribution < 1.29 is 23.9 Å². The van der Waals surface area contributed by atoms with Gasteiger partial charge in [-0.15, -0.1) is 0 Å². The minimum absolute atomic E-state index is 0.180. The van der Waals surface area contributed by atoms with E-state index in [-0.39, 0.29) is 4.91 Å². The molecule has 3 amide bonds. The summed E-state index contributed by atoms with van der Waals surface area (Å²) in [4.78, 5) is 36.7. The third kappa shape index (κ3) is 5.50. The van der Waals surface area contributed by atoms with E-state index in [2.05, 4.69) is 31.9 Å². The summed E-state index contributed by atoms with van der Waals surface area (Å²) in [5, 5.41) is -0.543. The molecule has 0 unspecified atom stereocenters. The van der Waals surface area contributed by atoms with Gasteiger partial charge in [0.1, 0.15) is 13.2 Å². The number of carbonyl (C=O) groups is 3. The fourth-order valence-corrected chi connectivity index (χ4v) is 4.55. The quantitative estimate of drug-likeness (QED) is 0.462. The third-order valence-corrected chi connectivity index (χ3v) is 7.21. The summed E-state index contributed by atoms with van der Waals surface area (Å²) in [7, 11) is 0. The van der Waals surface area contributed by atoms with Gasteiger partial charge in [-0.05, 0) is 73.8 Å². The Hall–Kier alpha value is -2.30. The van der Waals surface area contributed by atoms with Gasteiger partial charge in [0.15, 0.2) is 11.5 Å².